The third-order valence-electron chi connectivity index (χ3n) is 2.30. The normalized spacial score (nSPS) is 10.1. The quantitative estimate of drug-likeness (QED) is 0.727. The molecule has 4 heteroatoms. The maximum absolute atomic E-state index is 11.5. The van der Waals surface area contributed by atoms with Gasteiger partial charge in [0.15, 0.2) is 11.6 Å². The highest BCUT2D eigenvalue weighted by Crippen LogP contribution is 2.18. The van der Waals surface area contributed by atoms with Crippen LogP contribution in [0, 0.1) is 0 Å². The molecule has 1 aromatic heterocycles. The highest BCUT2D eigenvalue weighted by molar-refractivity contribution is 5.90. The summed E-state index contributed by atoms with van der Waals surface area (Å²) in [5, 5.41) is 12.0. The molecule has 0 radical (unpaired) electrons. The van der Waals surface area contributed by atoms with Crippen molar-refractivity contribution in [1.29, 1.82) is 0 Å². The van der Waals surface area contributed by atoms with Crippen LogP contribution in [0.1, 0.15) is 39.0 Å². The van der Waals surface area contributed by atoms with Gasteiger partial charge in [-0.15, -0.1) is 0 Å². The molecule has 0 fully saturated rings. The van der Waals surface area contributed by atoms with E-state index in [4.69, 9.17) is 0 Å². The molecule has 0 unspecified atom stereocenters. The lowest BCUT2D eigenvalue weighted by molar-refractivity contribution is -0.116. The third kappa shape index (κ3) is 4.29. The van der Waals surface area contributed by atoms with E-state index in [0.717, 1.165) is 25.7 Å². The van der Waals surface area contributed by atoms with Gasteiger partial charge in [-0.05, 0) is 18.6 Å². The summed E-state index contributed by atoms with van der Waals surface area (Å²) in [5.74, 6) is 0.150. The number of pyridine rings is 1. The Morgan fingerprint density at radius 2 is 2.25 bits per heavy atom. The molecular weight excluding hydrogens is 204 g/mol. The Morgan fingerprint density at radius 3 is 2.94 bits per heavy atom. The Morgan fingerprint density at radius 1 is 1.44 bits per heavy atom. The predicted octanol–water partition coefficient (Wildman–Crippen LogP) is 2.70. The van der Waals surface area contributed by atoms with Gasteiger partial charge in [0.1, 0.15) is 0 Å². The molecule has 0 aromatic carbocycles. The van der Waals surface area contributed by atoms with Crippen molar-refractivity contribution < 1.29 is 9.90 Å². The molecule has 1 heterocycles. The van der Waals surface area contributed by atoms with Gasteiger partial charge in [0, 0.05) is 12.6 Å². The summed E-state index contributed by atoms with van der Waals surface area (Å²) in [4.78, 5) is 15.3. The first-order valence-corrected chi connectivity index (χ1v) is 5.68. The zero-order valence-corrected chi connectivity index (χ0v) is 9.57. The summed E-state index contributed by atoms with van der Waals surface area (Å²) < 4.78 is 0. The van der Waals surface area contributed by atoms with Crippen molar-refractivity contribution in [2.45, 2.75) is 39.0 Å². The third-order valence-corrected chi connectivity index (χ3v) is 2.30. The topological polar surface area (TPSA) is 62.2 Å². The second kappa shape index (κ2) is 6.82. The highest BCUT2D eigenvalue weighted by atomic mass is 16.3. The van der Waals surface area contributed by atoms with Crippen LogP contribution in [0.3, 0.4) is 0 Å². The standard InChI is InChI=1S/C12H18N2O2/c1-2-3-4-5-8-11(16)14-12-10(15)7-6-9-13-12/h6-7,9,15H,2-5,8H2,1H3,(H,13,14,16). The smallest absolute Gasteiger partial charge is 0.225 e. The monoisotopic (exact) mass is 222 g/mol. The molecule has 0 bridgehead atoms. The lowest BCUT2D eigenvalue weighted by Crippen LogP contribution is -2.12. The van der Waals surface area contributed by atoms with Gasteiger partial charge in [-0.3, -0.25) is 4.79 Å². The average molecular weight is 222 g/mol. The van der Waals surface area contributed by atoms with Crippen molar-refractivity contribution in [2.75, 3.05) is 5.32 Å². The van der Waals surface area contributed by atoms with Gasteiger partial charge in [0.05, 0.1) is 0 Å². The largest absolute Gasteiger partial charge is 0.504 e. The Bertz CT molecular complexity index is 340. The lowest BCUT2D eigenvalue weighted by atomic mass is 10.1. The lowest BCUT2D eigenvalue weighted by Gasteiger charge is -2.05. The van der Waals surface area contributed by atoms with Gasteiger partial charge in [-0.1, -0.05) is 26.2 Å². The average Bonchev–Trinajstić information content (AvgIpc) is 2.28. The molecule has 0 atom stereocenters. The highest BCUT2D eigenvalue weighted by Gasteiger charge is 2.06. The number of aromatic nitrogens is 1. The van der Waals surface area contributed by atoms with E-state index < -0.39 is 0 Å². The van der Waals surface area contributed by atoms with E-state index in [2.05, 4.69) is 17.2 Å². The number of nitrogens with zero attached hydrogens (tertiary/aromatic N) is 1. The second-order valence-electron chi connectivity index (χ2n) is 3.73. The van der Waals surface area contributed by atoms with Crippen LogP contribution in [0.15, 0.2) is 18.3 Å². The Hall–Kier alpha value is -1.58. The van der Waals surface area contributed by atoms with Crippen molar-refractivity contribution >= 4 is 11.7 Å². The summed E-state index contributed by atoms with van der Waals surface area (Å²) in [5.41, 5.74) is 0. The molecule has 4 nitrogen and oxygen atoms in total. The molecule has 16 heavy (non-hydrogen) atoms. The summed E-state index contributed by atoms with van der Waals surface area (Å²) in [6.07, 6.45) is 6.28. The summed E-state index contributed by atoms with van der Waals surface area (Å²) in [6.45, 7) is 2.13. The second-order valence-corrected chi connectivity index (χ2v) is 3.73. The molecule has 0 saturated heterocycles. The molecule has 2 N–H and O–H groups in total. The van der Waals surface area contributed by atoms with Crippen molar-refractivity contribution in [3.05, 3.63) is 18.3 Å². The van der Waals surface area contributed by atoms with Gasteiger partial charge in [-0.25, -0.2) is 4.98 Å². The molecule has 0 spiro atoms. The first-order valence-electron chi connectivity index (χ1n) is 5.68. The first-order chi connectivity index (χ1) is 7.74. The molecule has 0 aliphatic heterocycles. The Kier molecular flexibility index (Phi) is 5.32. The van der Waals surface area contributed by atoms with Crippen LogP contribution < -0.4 is 5.32 Å². The van der Waals surface area contributed by atoms with Gasteiger partial charge >= 0.3 is 0 Å². The molecule has 88 valence electrons. The minimum absolute atomic E-state index is 0.00408. The van der Waals surface area contributed by atoms with E-state index in [1.54, 1.807) is 6.07 Å². The fraction of sp³-hybridized carbons (Fsp3) is 0.500. The molecule has 0 aliphatic rings. The van der Waals surface area contributed by atoms with Crippen LogP contribution in [0.2, 0.25) is 0 Å². The number of hydrogen-bond acceptors (Lipinski definition) is 3. The number of hydrogen-bond donors (Lipinski definition) is 2. The minimum atomic E-state index is -0.0925. The molecule has 1 aromatic rings. The predicted molar refractivity (Wildman–Crippen MR) is 63.3 cm³/mol. The molecule has 0 saturated carbocycles. The van der Waals surface area contributed by atoms with E-state index in [1.807, 2.05) is 0 Å². The van der Waals surface area contributed by atoms with Crippen LogP contribution in [0.4, 0.5) is 5.82 Å². The summed E-state index contributed by atoms with van der Waals surface area (Å²) >= 11 is 0. The van der Waals surface area contributed by atoms with Crippen LogP contribution in [-0.2, 0) is 4.79 Å². The van der Waals surface area contributed by atoms with Crippen molar-refractivity contribution in [2.24, 2.45) is 0 Å². The van der Waals surface area contributed by atoms with E-state index in [0.29, 0.717) is 6.42 Å². The van der Waals surface area contributed by atoms with E-state index in [1.165, 1.54) is 12.3 Å². The van der Waals surface area contributed by atoms with Crippen LogP contribution in [0.5, 0.6) is 5.75 Å². The fourth-order valence-electron chi connectivity index (χ4n) is 1.40. The zero-order chi connectivity index (χ0) is 11.8. The van der Waals surface area contributed by atoms with Gasteiger partial charge in [0.2, 0.25) is 5.91 Å². The number of unbranched alkanes of at least 4 members (excludes halogenated alkanes) is 3. The van der Waals surface area contributed by atoms with E-state index in [-0.39, 0.29) is 17.5 Å². The zero-order valence-electron chi connectivity index (χ0n) is 9.57. The maximum atomic E-state index is 11.5. The maximum Gasteiger partial charge on any atom is 0.225 e. The van der Waals surface area contributed by atoms with Gasteiger partial charge in [-0.2, -0.15) is 0 Å². The number of amides is 1. The van der Waals surface area contributed by atoms with Gasteiger partial charge in [0.25, 0.3) is 0 Å². The number of aromatic hydroxyl groups is 1. The van der Waals surface area contributed by atoms with Crippen LogP contribution in [-0.4, -0.2) is 16.0 Å². The minimum Gasteiger partial charge on any atom is -0.504 e. The summed E-state index contributed by atoms with van der Waals surface area (Å²) in [7, 11) is 0. The van der Waals surface area contributed by atoms with Crippen LogP contribution >= 0.6 is 0 Å². The fourth-order valence-corrected chi connectivity index (χ4v) is 1.40. The number of carbonyl (C=O) groups is 1. The number of anilines is 1. The van der Waals surface area contributed by atoms with Crippen molar-refractivity contribution in [3.8, 4) is 5.75 Å². The Balaban J connectivity index is 2.32. The first kappa shape index (κ1) is 12.5. The van der Waals surface area contributed by atoms with Crippen molar-refractivity contribution in [3.63, 3.8) is 0 Å². The molecule has 0 aliphatic carbocycles. The van der Waals surface area contributed by atoms with E-state index >= 15 is 0 Å². The molecule has 1 amide bonds. The Labute approximate surface area is 95.7 Å². The van der Waals surface area contributed by atoms with E-state index in [9.17, 15) is 9.90 Å². The number of carbonyl (C=O) groups excluding carboxylic acids is 1. The number of rotatable bonds is 6. The SMILES string of the molecule is CCCCCCC(=O)Nc1ncccc1O. The van der Waals surface area contributed by atoms with Crippen molar-refractivity contribution in [1.82, 2.24) is 4.98 Å². The van der Waals surface area contributed by atoms with Crippen LogP contribution in [0.25, 0.3) is 0 Å². The molecular formula is C12H18N2O2. The summed E-state index contributed by atoms with van der Waals surface area (Å²) in [6, 6.07) is 3.12. The molecule has 1 rings (SSSR count). The van der Waals surface area contributed by atoms with Gasteiger partial charge < -0.3 is 10.4 Å². The number of nitrogens with one attached hydrogen (secondary N) is 1.